The summed E-state index contributed by atoms with van der Waals surface area (Å²) in [6.45, 7) is 3.37. The first-order valence-corrected chi connectivity index (χ1v) is 8.66. The first-order chi connectivity index (χ1) is 9.88. The summed E-state index contributed by atoms with van der Waals surface area (Å²) in [7, 11) is 0. The van der Waals surface area contributed by atoms with Crippen LogP contribution in [0.3, 0.4) is 0 Å². The maximum absolute atomic E-state index is 3.77. The van der Waals surface area contributed by atoms with E-state index in [9.17, 15) is 0 Å². The summed E-state index contributed by atoms with van der Waals surface area (Å²) in [4.78, 5) is 0. The lowest BCUT2D eigenvalue weighted by atomic mass is 9.95. The molecule has 0 bridgehead atoms. The van der Waals surface area contributed by atoms with Crippen molar-refractivity contribution in [3.63, 3.8) is 0 Å². The highest BCUT2D eigenvalue weighted by atomic mass is 14.9. The molecule has 0 radical (unpaired) electrons. The normalized spacial score (nSPS) is 27.6. The minimum atomic E-state index is 0.755. The number of benzene rings is 1. The molecule has 0 heterocycles. The van der Waals surface area contributed by atoms with E-state index in [1.165, 1.54) is 44.9 Å². The summed E-state index contributed by atoms with van der Waals surface area (Å²) < 4.78 is 0. The molecule has 3 rings (SSSR count). The molecule has 0 amide bonds. The van der Waals surface area contributed by atoms with Crippen LogP contribution in [0.1, 0.15) is 63.4 Å². The molecule has 0 spiro atoms. The van der Waals surface area contributed by atoms with Crippen LogP contribution in [0.5, 0.6) is 0 Å². The Morgan fingerprint density at radius 1 is 1.15 bits per heavy atom. The zero-order valence-corrected chi connectivity index (χ0v) is 12.9. The van der Waals surface area contributed by atoms with Crippen molar-refractivity contribution in [3.8, 4) is 0 Å². The second-order valence-corrected chi connectivity index (χ2v) is 6.81. The zero-order chi connectivity index (χ0) is 13.8. The van der Waals surface area contributed by atoms with E-state index in [-0.39, 0.29) is 0 Å². The predicted octanol–water partition coefficient (Wildman–Crippen LogP) is 4.74. The molecule has 0 saturated heterocycles. The molecule has 1 nitrogen and oxygen atoms in total. The molecule has 2 aliphatic carbocycles. The Bertz CT molecular complexity index is 393. The lowest BCUT2D eigenvalue weighted by Crippen LogP contribution is -2.31. The first-order valence-electron chi connectivity index (χ1n) is 8.66. The van der Waals surface area contributed by atoms with Crippen molar-refractivity contribution in [1.82, 2.24) is 5.32 Å². The van der Waals surface area contributed by atoms with E-state index >= 15 is 0 Å². The Balaban J connectivity index is 1.52. The van der Waals surface area contributed by atoms with Crippen LogP contribution in [0.4, 0.5) is 0 Å². The van der Waals surface area contributed by atoms with Crippen molar-refractivity contribution in [2.24, 2.45) is 11.8 Å². The van der Waals surface area contributed by atoms with Gasteiger partial charge in [0.2, 0.25) is 0 Å². The van der Waals surface area contributed by atoms with Gasteiger partial charge in [-0.15, -0.1) is 0 Å². The molecule has 0 aliphatic heterocycles. The molecule has 1 heteroatoms. The Labute approximate surface area is 124 Å². The standard InChI is InChI=1S/C19H29N/c1-2-20-19(13-12-15-8-6-7-9-15)18-14-17(18)16-10-4-3-5-11-16/h3-5,10-11,15,17-20H,2,6-9,12-14H2,1H3. The summed E-state index contributed by atoms with van der Waals surface area (Å²) in [5.74, 6) is 2.74. The van der Waals surface area contributed by atoms with Crippen LogP contribution in [0.15, 0.2) is 30.3 Å². The molecule has 0 aromatic heterocycles. The van der Waals surface area contributed by atoms with Gasteiger partial charge in [0.25, 0.3) is 0 Å². The largest absolute Gasteiger partial charge is 0.314 e. The highest BCUT2D eigenvalue weighted by Gasteiger charge is 2.43. The Morgan fingerprint density at radius 3 is 2.60 bits per heavy atom. The number of nitrogens with one attached hydrogen (secondary N) is 1. The topological polar surface area (TPSA) is 12.0 Å². The van der Waals surface area contributed by atoms with E-state index < -0.39 is 0 Å². The van der Waals surface area contributed by atoms with Gasteiger partial charge >= 0.3 is 0 Å². The summed E-state index contributed by atoms with van der Waals surface area (Å²) >= 11 is 0. The van der Waals surface area contributed by atoms with Gasteiger partial charge < -0.3 is 5.32 Å². The van der Waals surface area contributed by atoms with Crippen LogP contribution in [0.25, 0.3) is 0 Å². The monoisotopic (exact) mass is 271 g/mol. The second kappa shape index (κ2) is 6.76. The number of rotatable bonds is 7. The summed E-state index contributed by atoms with van der Waals surface area (Å²) in [5.41, 5.74) is 1.56. The van der Waals surface area contributed by atoms with Crippen molar-refractivity contribution in [2.75, 3.05) is 6.54 Å². The third kappa shape index (κ3) is 3.44. The average Bonchev–Trinajstić information content (AvgIpc) is 3.11. The van der Waals surface area contributed by atoms with E-state index in [4.69, 9.17) is 0 Å². The fraction of sp³-hybridized carbons (Fsp3) is 0.684. The van der Waals surface area contributed by atoms with E-state index in [0.717, 1.165) is 30.3 Å². The van der Waals surface area contributed by atoms with Gasteiger partial charge in [-0.05, 0) is 49.1 Å². The quantitative estimate of drug-likeness (QED) is 0.755. The summed E-state index contributed by atoms with van der Waals surface area (Å²) in [6, 6.07) is 11.9. The molecule has 3 unspecified atom stereocenters. The molecule has 1 N–H and O–H groups in total. The molecular weight excluding hydrogens is 242 g/mol. The van der Waals surface area contributed by atoms with Gasteiger partial charge in [0, 0.05) is 6.04 Å². The minimum absolute atomic E-state index is 0.755. The van der Waals surface area contributed by atoms with Gasteiger partial charge in [-0.25, -0.2) is 0 Å². The van der Waals surface area contributed by atoms with Gasteiger partial charge in [-0.1, -0.05) is 62.9 Å². The molecule has 2 aliphatic rings. The lowest BCUT2D eigenvalue weighted by Gasteiger charge is -2.20. The van der Waals surface area contributed by atoms with Gasteiger partial charge in [0.05, 0.1) is 0 Å². The Hall–Kier alpha value is -0.820. The lowest BCUT2D eigenvalue weighted by molar-refractivity contribution is 0.379. The summed E-state index contributed by atoms with van der Waals surface area (Å²) in [6.07, 6.45) is 10.2. The smallest absolute Gasteiger partial charge is 0.0101 e. The Morgan fingerprint density at radius 2 is 1.90 bits per heavy atom. The van der Waals surface area contributed by atoms with Gasteiger partial charge in [0.15, 0.2) is 0 Å². The molecule has 20 heavy (non-hydrogen) atoms. The maximum atomic E-state index is 3.77. The molecule has 2 saturated carbocycles. The highest BCUT2D eigenvalue weighted by Crippen LogP contribution is 2.50. The van der Waals surface area contributed by atoms with Crippen LogP contribution < -0.4 is 5.32 Å². The van der Waals surface area contributed by atoms with Crippen LogP contribution in [-0.2, 0) is 0 Å². The van der Waals surface area contributed by atoms with E-state index in [1.807, 2.05) is 0 Å². The van der Waals surface area contributed by atoms with E-state index in [0.29, 0.717) is 0 Å². The zero-order valence-electron chi connectivity index (χ0n) is 12.9. The molecule has 2 fully saturated rings. The number of hydrogen-bond donors (Lipinski definition) is 1. The molecule has 3 atom stereocenters. The Kier molecular flexibility index (Phi) is 4.77. The van der Waals surface area contributed by atoms with Gasteiger partial charge in [-0.2, -0.15) is 0 Å². The minimum Gasteiger partial charge on any atom is -0.314 e. The van der Waals surface area contributed by atoms with Crippen molar-refractivity contribution in [3.05, 3.63) is 35.9 Å². The summed E-state index contributed by atoms with van der Waals surface area (Å²) in [5, 5.41) is 3.77. The maximum Gasteiger partial charge on any atom is 0.0101 e. The third-order valence-corrected chi connectivity index (χ3v) is 5.41. The average molecular weight is 271 g/mol. The molecule has 1 aromatic carbocycles. The van der Waals surface area contributed by atoms with Gasteiger partial charge in [-0.3, -0.25) is 0 Å². The number of hydrogen-bond acceptors (Lipinski definition) is 1. The second-order valence-electron chi connectivity index (χ2n) is 6.81. The van der Waals surface area contributed by atoms with Crippen molar-refractivity contribution in [1.29, 1.82) is 0 Å². The van der Waals surface area contributed by atoms with Crippen molar-refractivity contribution < 1.29 is 0 Å². The molecular formula is C19H29N. The SMILES string of the molecule is CCNC(CCC1CCCC1)C1CC1c1ccccc1. The molecule has 110 valence electrons. The fourth-order valence-electron chi connectivity index (χ4n) is 4.19. The third-order valence-electron chi connectivity index (χ3n) is 5.41. The fourth-order valence-corrected chi connectivity index (χ4v) is 4.19. The van der Waals surface area contributed by atoms with E-state index in [1.54, 1.807) is 5.56 Å². The van der Waals surface area contributed by atoms with Crippen molar-refractivity contribution >= 4 is 0 Å². The van der Waals surface area contributed by atoms with Crippen molar-refractivity contribution in [2.45, 2.75) is 63.8 Å². The van der Waals surface area contributed by atoms with Crippen LogP contribution in [0.2, 0.25) is 0 Å². The van der Waals surface area contributed by atoms with Crippen LogP contribution in [0, 0.1) is 11.8 Å². The highest BCUT2D eigenvalue weighted by molar-refractivity contribution is 5.26. The first kappa shape index (κ1) is 14.1. The predicted molar refractivity (Wildman–Crippen MR) is 85.9 cm³/mol. The van der Waals surface area contributed by atoms with Gasteiger partial charge in [0.1, 0.15) is 0 Å². The van der Waals surface area contributed by atoms with E-state index in [2.05, 4.69) is 42.6 Å². The van der Waals surface area contributed by atoms with Crippen LogP contribution >= 0.6 is 0 Å². The molecule has 1 aromatic rings. The van der Waals surface area contributed by atoms with Crippen LogP contribution in [-0.4, -0.2) is 12.6 Å².